The fourth-order valence-electron chi connectivity index (χ4n) is 3.43. The van der Waals surface area contributed by atoms with Gasteiger partial charge in [-0.05, 0) is 60.4 Å². The zero-order chi connectivity index (χ0) is 19.5. The van der Waals surface area contributed by atoms with Gasteiger partial charge in [-0.25, -0.2) is 4.68 Å². The Morgan fingerprint density at radius 3 is 2.93 bits per heavy atom. The maximum atomic E-state index is 12.5. The molecule has 0 saturated heterocycles. The number of rotatable bonds is 4. The van der Waals surface area contributed by atoms with Crippen molar-refractivity contribution in [1.82, 2.24) is 14.8 Å². The van der Waals surface area contributed by atoms with Crippen molar-refractivity contribution in [2.24, 2.45) is 5.92 Å². The van der Waals surface area contributed by atoms with Gasteiger partial charge in [-0.15, -0.1) is 0 Å². The van der Waals surface area contributed by atoms with Gasteiger partial charge in [-0.3, -0.25) is 14.6 Å². The van der Waals surface area contributed by atoms with E-state index < -0.39 is 0 Å². The highest BCUT2D eigenvalue weighted by atomic mass is 16.2. The van der Waals surface area contributed by atoms with Crippen LogP contribution in [0.15, 0.2) is 59.7 Å². The van der Waals surface area contributed by atoms with Crippen molar-refractivity contribution < 1.29 is 4.79 Å². The Hall–Kier alpha value is -3.28. The van der Waals surface area contributed by atoms with E-state index in [1.54, 1.807) is 18.5 Å². The van der Waals surface area contributed by atoms with Crippen LogP contribution in [0.5, 0.6) is 0 Å². The van der Waals surface area contributed by atoms with E-state index in [2.05, 4.69) is 28.4 Å². The van der Waals surface area contributed by atoms with E-state index in [1.807, 2.05) is 24.3 Å². The van der Waals surface area contributed by atoms with Crippen molar-refractivity contribution in [3.05, 3.63) is 70.9 Å². The lowest BCUT2D eigenvalue weighted by Crippen LogP contribution is -2.29. The molecule has 0 bridgehead atoms. The van der Waals surface area contributed by atoms with Crippen molar-refractivity contribution in [3.63, 3.8) is 0 Å². The van der Waals surface area contributed by atoms with Crippen LogP contribution in [0.2, 0.25) is 0 Å². The summed E-state index contributed by atoms with van der Waals surface area (Å²) >= 11 is 0. The van der Waals surface area contributed by atoms with Gasteiger partial charge in [-0.1, -0.05) is 19.1 Å². The number of aromatic nitrogens is 3. The average molecular weight is 374 g/mol. The molecule has 28 heavy (non-hydrogen) atoms. The lowest BCUT2D eigenvalue weighted by Gasteiger charge is -2.18. The number of anilines is 1. The van der Waals surface area contributed by atoms with Gasteiger partial charge in [0.05, 0.1) is 5.69 Å². The molecule has 1 aliphatic carbocycles. The van der Waals surface area contributed by atoms with Crippen LogP contribution < -0.4 is 10.9 Å². The molecule has 0 saturated carbocycles. The predicted octanol–water partition coefficient (Wildman–Crippen LogP) is 3.63. The topological polar surface area (TPSA) is 76.9 Å². The van der Waals surface area contributed by atoms with Crippen LogP contribution in [-0.2, 0) is 11.3 Å². The Kier molecular flexibility index (Phi) is 5.02. The molecule has 1 unspecified atom stereocenters. The molecule has 4 rings (SSSR count). The van der Waals surface area contributed by atoms with Crippen LogP contribution in [0, 0.1) is 5.92 Å². The first kappa shape index (κ1) is 18.1. The maximum absolute atomic E-state index is 12.5. The highest BCUT2D eigenvalue weighted by Gasteiger charge is 2.14. The van der Waals surface area contributed by atoms with Crippen LogP contribution in [-0.4, -0.2) is 20.7 Å². The SMILES string of the molecule is CC1CC=C(c2ccc(=O)n(CC(=O)Nc3ccc4ccncc4c3)n2)CC1. The number of benzene rings is 1. The molecule has 142 valence electrons. The van der Waals surface area contributed by atoms with E-state index in [1.165, 1.54) is 10.7 Å². The van der Waals surface area contributed by atoms with E-state index in [-0.39, 0.29) is 18.0 Å². The third-order valence-corrected chi connectivity index (χ3v) is 5.09. The first-order chi connectivity index (χ1) is 13.6. The van der Waals surface area contributed by atoms with Gasteiger partial charge < -0.3 is 5.32 Å². The Labute approximate surface area is 162 Å². The van der Waals surface area contributed by atoms with E-state index >= 15 is 0 Å². The largest absolute Gasteiger partial charge is 0.324 e. The van der Waals surface area contributed by atoms with Crippen LogP contribution in [0.3, 0.4) is 0 Å². The molecule has 0 aliphatic heterocycles. The standard InChI is InChI=1S/C22H22N4O2/c1-15-2-4-17(5-3-15)20-8-9-22(28)26(25-20)14-21(27)24-19-7-6-16-10-11-23-13-18(16)12-19/h4,6-13,15H,2-3,5,14H2,1H3,(H,24,27). The Balaban J connectivity index is 1.50. The zero-order valence-electron chi connectivity index (χ0n) is 15.8. The first-order valence-corrected chi connectivity index (χ1v) is 9.50. The predicted molar refractivity (Wildman–Crippen MR) is 110 cm³/mol. The van der Waals surface area contributed by atoms with Crippen molar-refractivity contribution in [1.29, 1.82) is 0 Å². The molecule has 1 aliphatic rings. The van der Waals surface area contributed by atoms with Crippen molar-refractivity contribution in [3.8, 4) is 0 Å². The Bertz CT molecular complexity index is 1120. The summed E-state index contributed by atoms with van der Waals surface area (Å²) in [5, 5.41) is 9.24. The molecule has 3 aromatic rings. The summed E-state index contributed by atoms with van der Waals surface area (Å²) in [6, 6.07) is 10.8. The fraction of sp³-hybridized carbons (Fsp3) is 0.273. The number of hydrogen-bond donors (Lipinski definition) is 1. The van der Waals surface area contributed by atoms with Gasteiger partial charge in [-0.2, -0.15) is 5.10 Å². The smallest absolute Gasteiger partial charge is 0.267 e. The number of amides is 1. The van der Waals surface area contributed by atoms with Crippen LogP contribution >= 0.6 is 0 Å². The number of carbonyl (C=O) groups excluding carboxylic acids is 1. The fourth-order valence-corrected chi connectivity index (χ4v) is 3.43. The molecule has 2 aromatic heterocycles. The highest BCUT2D eigenvalue weighted by molar-refractivity contribution is 5.94. The summed E-state index contributed by atoms with van der Waals surface area (Å²) in [6.07, 6.45) is 8.75. The quantitative estimate of drug-likeness (QED) is 0.756. The van der Waals surface area contributed by atoms with Crippen LogP contribution in [0.1, 0.15) is 31.9 Å². The molecule has 0 spiro atoms. The third-order valence-electron chi connectivity index (χ3n) is 5.09. The molecular weight excluding hydrogens is 352 g/mol. The second-order valence-corrected chi connectivity index (χ2v) is 7.31. The molecule has 2 heterocycles. The molecule has 6 nitrogen and oxygen atoms in total. The number of fused-ring (bicyclic) bond motifs is 1. The first-order valence-electron chi connectivity index (χ1n) is 9.50. The minimum absolute atomic E-state index is 0.124. The van der Waals surface area contributed by atoms with E-state index in [9.17, 15) is 9.59 Å². The van der Waals surface area contributed by atoms with E-state index in [0.29, 0.717) is 11.6 Å². The minimum Gasteiger partial charge on any atom is -0.324 e. The highest BCUT2D eigenvalue weighted by Crippen LogP contribution is 2.28. The van der Waals surface area contributed by atoms with Gasteiger partial charge in [0.25, 0.3) is 5.56 Å². The van der Waals surface area contributed by atoms with Gasteiger partial charge in [0.15, 0.2) is 0 Å². The Morgan fingerprint density at radius 2 is 2.11 bits per heavy atom. The molecule has 1 aromatic carbocycles. The van der Waals surface area contributed by atoms with E-state index in [4.69, 9.17) is 0 Å². The zero-order valence-corrected chi connectivity index (χ0v) is 15.8. The number of allylic oxidation sites excluding steroid dienone is 2. The van der Waals surface area contributed by atoms with Gasteiger partial charge >= 0.3 is 0 Å². The summed E-state index contributed by atoms with van der Waals surface area (Å²) < 4.78 is 1.23. The lowest BCUT2D eigenvalue weighted by atomic mass is 9.90. The lowest BCUT2D eigenvalue weighted by molar-refractivity contribution is -0.117. The molecule has 0 fully saturated rings. The number of pyridine rings is 1. The summed E-state index contributed by atoms with van der Waals surface area (Å²) in [5.41, 5.74) is 2.30. The molecule has 1 amide bonds. The summed E-state index contributed by atoms with van der Waals surface area (Å²) in [5.74, 6) is 0.388. The summed E-state index contributed by atoms with van der Waals surface area (Å²) in [6.45, 7) is 2.11. The molecule has 1 N–H and O–H groups in total. The number of hydrogen-bond acceptors (Lipinski definition) is 4. The second-order valence-electron chi connectivity index (χ2n) is 7.31. The van der Waals surface area contributed by atoms with E-state index in [0.717, 1.165) is 41.3 Å². The number of carbonyl (C=O) groups is 1. The van der Waals surface area contributed by atoms with Crippen molar-refractivity contribution >= 4 is 27.9 Å². The van der Waals surface area contributed by atoms with Crippen LogP contribution in [0.4, 0.5) is 5.69 Å². The number of nitrogens with one attached hydrogen (secondary N) is 1. The maximum Gasteiger partial charge on any atom is 0.267 e. The van der Waals surface area contributed by atoms with Gasteiger partial charge in [0, 0.05) is 29.5 Å². The van der Waals surface area contributed by atoms with Crippen molar-refractivity contribution in [2.45, 2.75) is 32.7 Å². The average Bonchev–Trinajstić information content (AvgIpc) is 2.70. The third kappa shape index (κ3) is 4.01. The van der Waals surface area contributed by atoms with Crippen LogP contribution in [0.25, 0.3) is 16.3 Å². The molecule has 6 heteroatoms. The Morgan fingerprint density at radius 1 is 1.21 bits per heavy atom. The summed E-state index contributed by atoms with van der Waals surface area (Å²) in [4.78, 5) is 28.7. The monoisotopic (exact) mass is 374 g/mol. The molecular formula is C22H22N4O2. The van der Waals surface area contributed by atoms with Gasteiger partial charge in [0.1, 0.15) is 6.54 Å². The molecule has 1 atom stereocenters. The number of nitrogens with zero attached hydrogens (tertiary/aromatic N) is 3. The van der Waals surface area contributed by atoms with Crippen molar-refractivity contribution in [2.75, 3.05) is 5.32 Å². The second kappa shape index (κ2) is 7.76. The normalized spacial score (nSPS) is 16.6. The molecule has 0 radical (unpaired) electrons. The van der Waals surface area contributed by atoms with Gasteiger partial charge in [0.2, 0.25) is 5.91 Å². The minimum atomic E-state index is -0.291. The summed E-state index contributed by atoms with van der Waals surface area (Å²) in [7, 11) is 0.